The quantitative estimate of drug-likeness (QED) is 0.802. The van der Waals surface area contributed by atoms with Crippen molar-refractivity contribution in [2.24, 2.45) is 0 Å². The fraction of sp³-hybridized carbons (Fsp3) is 0.273. The van der Waals surface area contributed by atoms with Gasteiger partial charge in [0.1, 0.15) is 6.04 Å². The molecule has 0 aromatic heterocycles. The molecular formula is C11H13N3O3S2. The summed E-state index contributed by atoms with van der Waals surface area (Å²) in [4.78, 5) is 13.3. The summed E-state index contributed by atoms with van der Waals surface area (Å²) >= 11 is 5.08. The third kappa shape index (κ3) is 3.02. The molecule has 0 radical (unpaired) electrons. The van der Waals surface area contributed by atoms with E-state index in [0.29, 0.717) is 16.5 Å². The first-order valence-electron chi connectivity index (χ1n) is 5.50. The van der Waals surface area contributed by atoms with E-state index in [0.717, 1.165) is 6.26 Å². The Balaban J connectivity index is 2.34. The molecule has 0 spiro atoms. The summed E-state index contributed by atoms with van der Waals surface area (Å²) in [5, 5.41) is 3.17. The second kappa shape index (κ2) is 4.78. The molecule has 1 atom stereocenters. The smallest absolute Gasteiger partial charge is 0.255 e. The Morgan fingerprint density at radius 3 is 2.63 bits per heavy atom. The van der Waals surface area contributed by atoms with Crippen LogP contribution in [-0.2, 0) is 14.8 Å². The summed E-state index contributed by atoms with van der Waals surface area (Å²) in [5.41, 5.74) is 0.913. The van der Waals surface area contributed by atoms with Crippen LogP contribution in [0.3, 0.4) is 0 Å². The molecule has 6 nitrogen and oxygen atoms in total. The fourth-order valence-electron chi connectivity index (χ4n) is 1.77. The molecule has 1 aromatic rings. The van der Waals surface area contributed by atoms with Gasteiger partial charge in [0.25, 0.3) is 5.91 Å². The number of hydrogen-bond acceptors (Lipinski definition) is 4. The highest BCUT2D eigenvalue weighted by molar-refractivity contribution is 7.92. The molecule has 1 heterocycles. The summed E-state index contributed by atoms with van der Waals surface area (Å²) in [6.45, 7) is 1.72. The topological polar surface area (TPSA) is 78.5 Å². The molecule has 0 saturated carbocycles. The van der Waals surface area contributed by atoms with Crippen LogP contribution in [0.5, 0.6) is 0 Å². The van der Waals surface area contributed by atoms with Crippen LogP contribution in [-0.4, -0.2) is 31.7 Å². The lowest BCUT2D eigenvalue weighted by Crippen LogP contribution is -2.30. The van der Waals surface area contributed by atoms with E-state index in [4.69, 9.17) is 12.2 Å². The number of hydrogen-bond donors (Lipinski definition) is 2. The van der Waals surface area contributed by atoms with Crippen LogP contribution in [0.2, 0.25) is 0 Å². The zero-order chi connectivity index (χ0) is 14.2. The predicted molar refractivity (Wildman–Crippen MR) is 77.6 cm³/mol. The van der Waals surface area contributed by atoms with Crippen LogP contribution in [0.1, 0.15) is 6.92 Å². The molecule has 2 N–H and O–H groups in total. The van der Waals surface area contributed by atoms with E-state index in [2.05, 4.69) is 10.0 Å². The molecular weight excluding hydrogens is 286 g/mol. The largest absolute Gasteiger partial charge is 0.350 e. The highest BCUT2D eigenvalue weighted by atomic mass is 32.2. The van der Waals surface area contributed by atoms with Gasteiger partial charge < -0.3 is 5.32 Å². The maximum atomic E-state index is 11.9. The predicted octanol–water partition coefficient (Wildman–Crippen LogP) is 0.668. The van der Waals surface area contributed by atoms with E-state index >= 15 is 0 Å². The van der Waals surface area contributed by atoms with Crippen molar-refractivity contribution in [1.29, 1.82) is 0 Å². The van der Waals surface area contributed by atoms with Crippen LogP contribution in [0, 0.1) is 0 Å². The van der Waals surface area contributed by atoms with Gasteiger partial charge in [-0.05, 0) is 37.3 Å². The molecule has 1 saturated heterocycles. The Morgan fingerprint density at radius 1 is 1.42 bits per heavy atom. The van der Waals surface area contributed by atoms with Gasteiger partial charge >= 0.3 is 0 Å². The highest BCUT2D eigenvalue weighted by Gasteiger charge is 2.33. The molecule has 0 aliphatic carbocycles. The Morgan fingerprint density at radius 2 is 2.11 bits per heavy atom. The molecule has 2 rings (SSSR count). The second-order valence-corrected chi connectivity index (χ2v) is 6.40. The van der Waals surface area contributed by atoms with Crippen molar-refractivity contribution in [3.8, 4) is 0 Å². The maximum absolute atomic E-state index is 11.9. The number of amides is 1. The van der Waals surface area contributed by atoms with Crippen molar-refractivity contribution in [2.45, 2.75) is 13.0 Å². The van der Waals surface area contributed by atoms with Gasteiger partial charge in [0.2, 0.25) is 10.0 Å². The molecule has 1 fully saturated rings. The Labute approximate surface area is 116 Å². The van der Waals surface area contributed by atoms with Gasteiger partial charge in [0.15, 0.2) is 5.11 Å². The van der Waals surface area contributed by atoms with E-state index in [1.54, 1.807) is 31.2 Å². The average Bonchev–Trinajstić information content (AvgIpc) is 2.51. The SMILES string of the molecule is C[C@H]1NC(=S)N(c2cccc(NS(C)(=O)=O)c2)C1=O. The minimum Gasteiger partial charge on any atom is -0.350 e. The summed E-state index contributed by atoms with van der Waals surface area (Å²) < 4.78 is 24.7. The van der Waals surface area contributed by atoms with Crippen LogP contribution in [0.25, 0.3) is 0 Å². The second-order valence-electron chi connectivity index (χ2n) is 4.27. The number of nitrogens with one attached hydrogen (secondary N) is 2. The summed E-state index contributed by atoms with van der Waals surface area (Å²) in [5.74, 6) is -0.165. The van der Waals surface area contributed by atoms with Gasteiger partial charge in [-0.2, -0.15) is 0 Å². The number of anilines is 2. The van der Waals surface area contributed by atoms with Crippen molar-refractivity contribution in [3.05, 3.63) is 24.3 Å². The van der Waals surface area contributed by atoms with Gasteiger partial charge in [-0.1, -0.05) is 6.07 Å². The van der Waals surface area contributed by atoms with Crippen LogP contribution < -0.4 is 14.9 Å². The number of sulfonamides is 1. The van der Waals surface area contributed by atoms with Crippen molar-refractivity contribution in [2.75, 3.05) is 15.9 Å². The number of carbonyl (C=O) groups is 1. The van der Waals surface area contributed by atoms with E-state index in [1.165, 1.54) is 4.90 Å². The van der Waals surface area contributed by atoms with E-state index < -0.39 is 10.0 Å². The van der Waals surface area contributed by atoms with Crippen molar-refractivity contribution in [3.63, 3.8) is 0 Å². The van der Waals surface area contributed by atoms with Gasteiger partial charge in [-0.3, -0.25) is 14.4 Å². The lowest BCUT2D eigenvalue weighted by atomic mass is 10.2. The first kappa shape index (κ1) is 13.8. The maximum Gasteiger partial charge on any atom is 0.255 e. The minimum absolute atomic E-state index is 0.165. The zero-order valence-electron chi connectivity index (χ0n) is 10.4. The molecule has 1 aliphatic rings. The number of nitrogens with zero attached hydrogens (tertiary/aromatic N) is 1. The highest BCUT2D eigenvalue weighted by Crippen LogP contribution is 2.23. The normalized spacial score (nSPS) is 19.5. The lowest BCUT2D eigenvalue weighted by Gasteiger charge is -2.16. The Kier molecular flexibility index (Phi) is 3.46. The van der Waals surface area contributed by atoms with Crippen molar-refractivity contribution >= 4 is 44.6 Å². The molecule has 0 bridgehead atoms. The number of benzene rings is 1. The number of carbonyl (C=O) groups excluding carboxylic acids is 1. The standard InChI is InChI=1S/C11H13N3O3S2/c1-7-10(15)14(11(18)12-7)9-5-3-4-8(6-9)13-19(2,16)17/h3-7,13H,1-2H3,(H,12,18)/t7-/m1/s1. The first-order valence-corrected chi connectivity index (χ1v) is 7.80. The first-order chi connectivity index (χ1) is 8.78. The molecule has 102 valence electrons. The summed E-state index contributed by atoms with van der Waals surface area (Å²) in [6, 6.07) is 6.13. The van der Waals surface area contributed by atoms with Gasteiger partial charge in [-0.25, -0.2) is 8.42 Å². The number of rotatable bonds is 3. The molecule has 1 amide bonds. The van der Waals surface area contributed by atoms with E-state index in [1.807, 2.05) is 0 Å². The summed E-state index contributed by atoms with van der Waals surface area (Å²) in [6.07, 6.45) is 1.06. The van der Waals surface area contributed by atoms with E-state index in [9.17, 15) is 13.2 Å². The molecule has 1 aliphatic heterocycles. The van der Waals surface area contributed by atoms with Gasteiger partial charge in [-0.15, -0.1) is 0 Å². The molecule has 1 aromatic carbocycles. The number of thiocarbonyl (C=S) groups is 1. The zero-order valence-corrected chi connectivity index (χ0v) is 12.0. The molecule has 8 heteroatoms. The molecule has 0 unspecified atom stereocenters. The van der Waals surface area contributed by atoms with Crippen molar-refractivity contribution < 1.29 is 13.2 Å². The lowest BCUT2D eigenvalue weighted by molar-refractivity contribution is -0.117. The minimum atomic E-state index is -3.36. The van der Waals surface area contributed by atoms with Crippen LogP contribution in [0.15, 0.2) is 24.3 Å². The van der Waals surface area contributed by atoms with Gasteiger partial charge in [0.05, 0.1) is 17.6 Å². The average molecular weight is 299 g/mol. The monoisotopic (exact) mass is 299 g/mol. The van der Waals surface area contributed by atoms with Crippen LogP contribution in [0.4, 0.5) is 11.4 Å². The Bertz CT molecular complexity index is 642. The third-order valence-corrected chi connectivity index (χ3v) is 3.45. The van der Waals surface area contributed by atoms with Crippen molar-refractivity contribution in [1.82, 2.24) is 5.32 Å². The molecule has 19 heavy (non-hydrogen) atoms. The Hall–Kier alpha value is -1.67. The van der Waals surface area contributed by atoms with Gasteiger partial charge in [0, 0.05) is 0 Å². The third-order valence-electron chi connectivity index (χ3n) is 2.54. The summed E-state index contributed by atoms with van der Waals surface area (Å²) in [7, 11) is -3.36. The fourth-order valence-corrected chi connectivity index (χ4v) is 2.70. The van der Waals surface area contributed by atoms with Crippen LogP contribution >= 0.6 is 12.2 Å². The van der Waals surface area contributed by atoms with E-state index in [-0.39, 0.29) is 11.9 Å².